The second kappa shape index (κ2) is 14.6. The van der Waals surface area contributed by atoms with Gasteiger partial charge in [-0.3, -0.25) is 19.2 Å². The van der Waals surface area contributed by atoms with Crippen molar-refractivity contribution in [2.24, 2.45) is 28.9 Å². The third-order valence-corrected chi connectivity index (χ3v) is 9.17. The van der Waals surface area contributed by atoms with Gasteiger partial charge in [-0.05, 0) is 48.9 Å². The maximum absolute atomic E-state index is 14.2. The van der Waals surface area contributed by atoms with E-state index in [1.807, 2.05) is 34.6 Å². The number of amides is 5. The quantitative estimate of drug-likeness (QED) is 0.139. The van der Waals surface area contributed by atoms with Crippen molar-refractivity contribution in [3.63, 3.8) is 0 Å². The van der Waals surface area contributed by atoms with Crippen LogP contribution in [-0.4, -0.2) is 77.2 Å². The molecule has 5 N–H and O–H groups in total. The Morgan fingerprint density at radius 3 is 2.18 bits per heavy atom. The lowest BCUT2D eigenvalue weighted by atomic mass is 9.81. The normalized spacial score (nSPS) is 22.8. The van der Waals surface area contributed by atoms with Gasteiger partial charge in [0.15, 0.2) is 0 Å². The molecule has 0 aromatic carbocycles. The molecular weight excluding hydrogens is 566 g/mol. The fourth-order valence-electron chi connectivity index (χ4n) is 6.45. The fourth-order valence-corrected chi connectivity index (χ4v) is 6.45. The number of Topliss-reactive ketones (excluding diaryl/α,β-unsaturated/α-hetero) is 1. The lowest BCUT2D eigenvalue weighted by molar-refractivity contribution is -0.151. The van der Waals surface area contributed by atoms with Gasteiger partial charge in [-0.1, -0.05) is 79.4 Å². The van der Waals surface area contributed by atoms with Crippen LogP contribution < -0.4 is 21.7 Å². The number of nitrogens with one attached hydrogen (secondary N) is 3. The predicted molar refractivity (Wildman–Crippen MR) is 164 cm³/mol. The highest BCUT2D eigenvalue weighted by atomic mass is 16.5. The van der Waals surface area contributed by atoms with Gasteiger partial charge in [-0.15, -0.1) is 0 Å². The second-order valence-electron chi connectivity index (χ2n) is 14.1. The molecule has 12 heteroatoms. The maximum Gasteiger partial charge on any atom is 0.332 e. The molecule has 0 spiro atoms. The van der Waals surface area contributed by atoms with E-state index in [0.29, 0.717) is 25.7 Å². The Bertz CT molecular complexity index is 1120. The third kappa shape index (κ3) is 8.59. The van der Waals surface area contributed by atoms with Gasteiger partial charge in [0.1, 0.15) is 24.2 Å². The Morgan fingerprint density at radius 1 is 1.02 bits per heavy atom. The Labute approximate surface area is 260 Å². The molecule has 3 rings (SSSR count). The molecule has 1 aliphatic heterocycles. The summed E-state index contributed by atoms with van der Waals surface area (Å²) in [5.74, 6) is -3.38. The Hall–Kier alpha value is -3.44. The van der Waals surface area contributed by atoms with Crippen LogP contribution in [0.25, 0.3) is 0 Å². The first-order chi connectivity index (χ1) is 20.6. The van der Waals surface area contributed by atoms with E-state index in [-0.39, 0.29) is 30.9 Å². The fraction of sp³-hybridized carbons (Fsp3) is 0.750. The summed E-state index contributed by atoms with van der Waals surface area (Å²) in [6.45, 7) is 13.3. The first kappa shape index (κ1) is 35.0. The average molecular weight is 618 g/mol. The molecule has 5 amide bonds. The van der Waals surface area contributed by atoms with E-state index >= 15 is 0 Å². The summed E-state index contributed by atoms with van der Waals surface area (Å²) in [6, 6.07) is -3.66. The highest BCUT2D eigenvalue weighted by Gasteiger charge is 2.49. The third-order valence-electron chi connectivity index (χ3n) is 9.17. The maximum atomic E-state index is 14.2. The number of nitrogens with two attached hydrogens (primary N) is 1. The summed E-state index contributed by atoms with van der Waals surface area (Å²) in [4.78, 5) is 80.3. The SMILES string of the molecule is C=CCOC(=O)C1(NC(=O)N[C@H](C(=O)N2CC[C@H](C(C)C)[C@H]2C(=O)NC(CC2CC2)C(=O)C(N)=O)C(C)(C)C)CCCCC1. The Morgan fingerprint density at radius 2 is 1.66 bits per heavy atom. The van der Waals surface area contributed by atoms with Crippen LogP contribution in [0.5, 0.6) is 0 Å². The molecule has 3 fully saturated rings. The van der Waals surface area contributed by atoms with Crippen LogP contribution in [0.15, 0.2) is 12.7 Å². The topological polar surface area (TPSA) is 177 Å². The molecule has 3 aliphatic rings. The number of ether oxygens (including phenoxy) is 1. The summed E-state index contributed by atoms with van der Waals surface area (Å²) < 4.78 is 5.33. The van der Waals surface area contributed by atoms with Crippen molar-refractivity contribution in [2.45, 2.75) is 116 Å². The van der Waals surface area contributed by atoms with Gasteiger partial charge in [-0.25, -0.2) is 9.59 Å². The first-order valence-corrected chi connectivity index (χ1v) is 15.9. The van der Waals surface area contributed by atoms with Crippen molar-refractivity contribution >= 4 is 35.5 Å². The zero-order valence-corrected chi connectivity index (χ0v) is 26.9. The van der Waals surface area contributed by atoms with Crippen molar-refractivity contribution in [3.8, 4) is 0 Å². The number of rotatable bonds is 13. The first-order valence-electron chi connectivity index (χ1n) is 15.9. The van der Waals surface area contributed by atoms with Gasteiger partial charge in [0.2, 0.25) is 17.6 Å². The minimum Gasteiger partial charge on any atom is -0.460 e. The van der Waals surface area contributed by atoms with Crippen LogP contribution >= 0.6 is 0 Å². The van der Waals surface area contributed by atoms with E-state index in [2.05, 4.69) is 22.5 Å². The molecule has 1 heterocycles. The lowest BCUT2D eigenvalue weighted by Gasteiger charge is -2.39. The highest BCUT2D eigenvalue weighted by molar-refractivity contribution is 6.37. The zero-order chi connectivity index (χ0) is 32.8. The summed E-state index contributed by atoms with van der Waals surface area (Å²) in [7, 11) is 0. The molecule has 0 aromatic heterocycles. The van der Waals surface area contributed by atoms with Crippen LogP contribution in [0.2, 0.25) is 0 Å². The van der Waals surface area contributed by atoms with Crippen LogP contribution in [0.4, 0.5) is 4.79 Å². The highest BCUT2D eigenvalue weighted by Crippen LogP contribution is 2.36. The number of carbonyl (C=O) groups is 6. The summed E-state index contributed by atoms with van der Waals surface area (Å²) in [5, 5.41) is 8.39. The zero-order valence-electron chi connectivity index (χ0n) is 26.9. The molecule has 4 atom stereocenters. The van der Waals surface area contributed by atoms with E-state index in [9.17, 15) is 28.8 Å². The number of likely N-dealkylation sites (tertiary alicyclic amines) is 1. The summed E-state index contributed by atoms with van der Waals surface area (Å²) >= 11 is 0. The van der Waals surface area contributed by atoms with E-state index in [4.69, 9.17) is 10.5 Å². The number of urea groups is 1. The number of nitrogens with zero attached hydrogens (tertiary/aromatic N) is 1. The van der Waals surface area contributed by atoms with Gasteiger partial charge >= 0.3 is 12.0 Å². The number of carbonyl (C=O) groups excluding carboxylic acids is 6. The number of esters is 1. The molecule has 246 valence electrons. The molecule has 0 radical (unpaired) electrons. The molecule has 0 aromatic rings. The molecule has 1 saturated heterocycles. The van der Waals surface area contributed by atoms with Gasteiger partial charge in [0, 0.05) is 6.54 Å². The van der Waals surface area contributed by atoms with E-state index in [1.165, 1.54) is 11.0 Å². The van der Waals surface area contributed by atoms with Crippen LogP contribution in [0, 0.1) is 23.2 Å². The second-order valence-corrected chi connectivity index (χ2v) is 14.1. The Balaban J connectivity index is 1.83. The van der Waals surface area contributed by atoms with Gasteiger partial charge in [-0.2, -0.15) is 0 Å². The average Bonchev–Trinajstić information content (AvgIpc) is 3.66. The minimum absolute atomic E-state index is 0.0228. The van der Waals surface area contributed by atoms with Gasteiger partial charge in [0.25, 0.3) is 5.91 Å². The van der Waals surface area contributed by atoms with Crippen molar-refractivity contribution in [1.29, 1.82) is 0 Å². The van der Waals surface area contributed by atoms with Crippen LogP contribution in [0.3, 0.4) is 0 Å². The molecule has 44 heavy (non-hydrogen) atoms. The molecule has 1 unspecified atom stereocenters. The molecule has 0 bridgehead atoms. The monoisotopic (exact) mass is 617 g/mol. The number of hydrogen-bond donors (Lipinski definition) is 4. The van der Waals surface area contributed by atoms with Crippen LogP contribution in [-0.2, 0) is 28.7 Å². The molecule has 2 saturated carbocycles. The molecule has 12 nitrogen and oxygen atoms in total. The lowest BCUT2D eigenvalue weighted by Crippen LogP contribution is -2.64. The van der Waals surface area contributed by atoms with Crippen molar-refractivity contribution in [1.82, 2.24) is 20.9 Å². The van der Waals surface area contributed by atoms with E-state index < -0.39 is 64.6 Å². The van der Waals surface area contributed by atoms with E-state index in [0.717, 1.165) is 32.1 Å². The largest absolute Gasteiger partial charge is 0.460 e. The molecular formula is C32H51N5O7. The van der Waals surface area contributed by atoms with Crippen molar-refractivity contribution in [2.75, 3.05) is 13.2 Å². The van der Waals surface area contributed by atoms with E-state index in [1.54, 1.807) is 0 Å². The van der Waals surface area contributed by atoms with Crippen molar-refractivity contribution in [3.05, 3.63) is 12.7 Å². The van der Waals surface area contributed by atoms with Gasteiger partial charge < -0.3 is 31.3 Å². The predicted octanol–water partition coefficient (Wildman–Crippen LogP) is 2.34. The number of ketones is 1. The van der Waals surface area contributed by atoms with Crippen LogP contribution in [0.1, 0.15) is 92.4 Å². The van der Waals surface area contributed by atoms with Gasteiger partial charge in [0.05, 0.1) is 6.04 Å². The number of hydrogen-bond acceptors (Lipinski definition) is 7. The summed E-state index contributed by atoms with van der Waals surface area (Å²) in [5.41, 5.74) is 3.31. The number of primary amides is 1. The smallest absolute Gasteiger partial charge is 0.332 e. The van der Waals surface area contributed by atoms with Crippen molar-refractivity contribution < 1.29 is 33.5 Å². The molecule has 2 aliphatic carbocycles. The standard InChI is InChI=1S/C32H51N5O7/c1-7-17-44-29(42)32(14-9-8-10-15-32)36-30(43)35-25(31(4,5)6)28(41)37-16-13-21(19(2)3)23(37)27(40)34-22(18-20-11-12-20)24(38)26(33)39/h7,19-23,25H,1,8-18H2,2-6H3,(H2,33,39)(H,34,40)(H2,35,36,43)/t21-,22?,23+,25-/m1/s1. The Kier molecular flexibility index (Phi) is 11.6. The minimum atomic E-state index is -1.21. The summed E-state index contributed by atoms with van der Waals surface area (Å²) in [6.07, 6.45) is 7.42.